The summed E-state index contributed by atoms with van der Waals surface area (Å²) in [6.45, 7) is 3.05. The van der Waals surface area contributed by atoms with Crippen molar-refractivity contribution in [2.75, 3.05) is 6.54 Å². The molecule has 1 aliphatic heterocycles. The predicted molar refractivity (Wildman–Crippen MR) is 71.5 cm³/mol. The lowest BCUT2D eigenvalue weighted by Gasteiger charge is -2.05. The first-order valence-corrected chi connectivity index (χ1v) is 6.55. The van der Waals surface area contributed by atoms with E-state index in [2.05, 4.69) is 20.5 Å². The smallest absolute Gasteiger partial charge is 0.161 e. The van der Waals surface area contributed by atoms with Gasteiger partial charge >= 0.3 is 0 Å². The third kappa shape index (κ3) is 2.02. The van der Waals surface area contributed by atoms with Crippen LogP contribution in [0.1, 0.15) is 30.3 Å². The second-order valence-corrected chi connectivity index (χ2v) is 5.03. The molecule has 0 saturated carbocycles. The standard InChI is InChI=1S/C13H15ClN4/c1-8-9(4-2-5-10(8)14)12-16-13(18-17-12)11-6-3-7-15-11/h2,4-5,11,15H,3,6-7H2,1H3,(H,16,17,18)/t11-/m0/s1. The molecule has 94 valence electrons. The van der Waals surface area contributed by atoms with Crippen LogP contribution in [0.25, 0.3) is 11.4 Å². The van der Waals surface area contributed by atoms with Crippen molar-refractivity contribution >= 4 is 11.6 Å². The zero-order chi connectivity index (χ0) is 12.5. The number of hydrogen-bond donors (Lipinski definition) is 2. The first kappa shape index (κ1) is 11.7. The van der Waals surface area contributed by atoms with Crippen LogP contribution in [0.4, 0.5) is 0 Å². The monoisotopic (exact) mass is 262 g/mol. The van der Waals surface area contributed by atoms with Crippen LogP contribution in [0.3, 0.4) is 0 Å². The fraction of sp³-hybridized carbons (Fsp3) is 0.385. The molecule has 1 atom stereocenters. The minimum Gasteiger partial charge on any atom is -0.324 e. The second-order valence-electron chi connectivity index (χ2n) is 4.62. The van der Waals surface area contributed by atoms with Gasteiger partial charge in [0.25, 0.3) is 0 Å². The van der Waals surface area contributed by atoms with E-state index < -0.39 is 0 Å². The van der Waals surface area contributed by atoms with Crippen LogP contribution in [0.2, 0.25) is 5.02 Å². The average molecular weight is 263 g/mol. The maximum absolute atomic E-state index is 6.12. The van der Waals surface area contributed by atoms with Gasteiger partial charge in [-0.3, -0.25) is 0 Å². The lowest BCUT2D eigenvalue weighted by atomic mass is 10.1. The molecule has 1 fully saturated rings. The number of rotatable bonds is 2. The zero-order valence-electron chi connectivity index (χ0n) is 10.2. The van der Waals surface area contributed by atoms with Crippen molar-refractivity contribution in [1.29, 1.82) is 0 Å². The molecule has 2 N–H and O–H groups in total. The maximum Gasteiger partial charge on any atom is 0.161 e. The van der Waals surface area contributed by atoms with Gasteiger partial charge < -0.3 is 10.3 Å². The van der Waals surface area contributed by atoms with Crippen LogP contribution in [-0.4, -0.2) is 21.7 Å². The molecule has 2 aromatic rings. The van der Waals surface area contributed by atoms with E-state index in [1.54, 1.807) is 0 Å². The summed E-state index contributed by atoms with van der Waals surface area (Å²) in [7, 11) is 0. The second kappa shape index (κ2) is 4.71. The highest BCUT2D eigenvalue weighted by Gasteiger charge is 2.20. The number of halogens is 1. The topological polar surface area (TPSA) is 53.6 Å². The highest BCUT2D eigenvalue weighted by molar-refractivity contribution is 6.31. The van der Waals surface area contributed by atoms with Crippen LogP contribution < -0.4 is 5.32 Å². The van der Waals surface area contributed by atoms with E-state index in [0.29, 0.717) is 6.04 Å². The zero-order valence-corrected chi connectivity index (χ0v) is 11.0. The molecule has 1 saturated heterocycles. The Kier molecular flexibility index (Phi) is 3.06. The molecule has 0 aliphatic carbocycles. The van der Waals surface area contributed by atoms with Gasteiger partial charge in [-0.25, -0.2) is 0 Å². The van der Waals surface area contributed by atoms with E-state index in [1.807, 2.05) is 25.1 Å². The van der Waals surface area contributed by atoms with Gasteiger partial charge in [-0.05, 0) is 37.9 Å². The minimum atomic E-state index is 0.311. The van der Waals surface area contributed by atoms with E-state index >= 15 is 0 Å². The summed E-state index contributed by atoms with van der Waals surface area (Å²) in [5.74, 6) is 1.71. The molecule has 1 aliphatic rings. The normalized spacial score (nSPS) is 19.3. The van der Waals surface area contributed by atoms with Crippen molar-refractivity contribution in [2.45, 2.75) is 25.8 Å². The molecule has 0 radical (unpaired) electrons. The van der Waals surface area contributed by atoms with Crippen molar-refractivity contribution in [1.82, 2.24) is 20.5 Å². The summed E-state index contributed by atoms with van der Waals surface area (Å²) in [6.07, 6.45) is 2.31. The van der Waals surface area contributed by atoms with E-state index in [1.165, 1.54) is 6.42 Å². The van der Waals surface area contributed by atoms with Crippen molar-refractivity contribution in [3.8, 4) is 11.4 Å². The Labute approximate surface area is 111 Å². The van der Waals surface area contributed by atoms with Crippen molar-refractivity contribution in [3.63, 3.8) is 0 Å². The van der Waals surface area contributed by atoms with Gasteiger partial charge in [0.1, 0.15) is 5.82 Å². The lowest BCUT2D eigenvalue weighted by Crippen LogP contribution is -2.14. The van der Waals surface area contributed by atoms with Crippen LogP contribution in [0.5, 0.6) is 0 Å². The molecule has 18 heavy (non-hydrogen) atoms. The summed E-state index contributed by atoms with van der Waals surface area (Å²) >= 11 is 6.12. The summed E-state index contributed by atoms with van der Waals surface area (Å²) in [4.78, 5) is 3.30. The van der Waals surface area contributed by atoms with Crippen LogP contribution >= 0.6 is 11.6 Å². The number of aromatic amines is 1. The minimum absolute atomic E-state index is 0.311. The lowest BCUT2D eigenvalue weighted by molar-refractivity contribution is 0.608. The quantitative estimate of drug-likeness (QED) is 0.875. The Hall–Kier alpha value is -1.39. The molecule has 2 heterocycles. The fourth-order valence-electron chi connectivity index (χ4n) is 2.34. The largest absolute Gasteiger partial charge is 0.324 e. The van der Waals surface area contributed by atoms with Crippen molar-refractivity contribution in [2.24, 2.45) is 0 Å². The highest BCUT2D eigenvalue weighted by atomic mass is 35.5. The molecule has 0 bridgehead atoms. The van der Waals surface area contributed by atoms with Gasteiger partial charge in [0.2, 0.25) is 0 Å². The SMILES string of the molecule is Cc1c(Cl)cccc1-c1nnc([C@@H]2CCCN2)[nH]1. The van der Waals surface area contributed by atoms with Crippen molar-refractivity contribution in [3.05, 3.63) is 34.6 Å². The molecular formula is C13H15ClN4. The molecule has 4 nitrogen and oxygen atoms in total. The molecule has 3 rings (SSSR count). The van der Waals surface area contributed by atoms with Crippen LogP contribution in [0.15, 0.2) is 18.2 Å². The summed E-state index contributed by atoms with van der Waals surface area (Å²) in [5.41, 5.74) is 2.04. The number of benzene rings is 1. The Balaban J connectivity index is 1.95. The maximum atomic E-state index is 6.12. The number of hydrogen-bond acceptors (Lipinski definition) is 3. The van der Waals surface area contributed by atoms with Gasteiger partial charge in [0.15, 0.2) is 5.82 Å². The Morgan fingerprint density at radius 3 is 3.00 bits per heavy atom. The first-order chi connectivity index (χ1) is 8.75. The third-order valence-electron chi connectivity index (χ3n) is 3.42. The summed E-state index contributed by atoms with van der Waals surface area (Å²) in [5, 5.41) is 12.6. The summed E-state index contributed by atoms with van der Waals surface area (Å²) < 4.78 is 0. The van der Waals surface area contributed by atoms with Gasteiger partial charge in [-0.15, -0.1) is 10.2 Å². The van der Waals surface area contributed by atoms with E-state index in [4.69, 9.17) is 11.6 Å². The van der Waals surface area contributed by atoms with Gasteiger partial charge in [-0.1, -0.05) is 23.7 Å². The molecule has 1 aromatic heterocycles. The van der Waals surface area contributed by atoms with Gasteiger partial charge in [0, 0.05) is 10.6 Å². The Morgan fingerprint density at radius 1 is 1.33 bits per heavy atom. The molecule has 1 aromatic carbocycles. The molecular weight excluding hydrogens is 248 g/mol. The highest BCUT2D eigenvalue weighted by Crippen LogP contribution is 2.27. The van der Waals surface area contributed by atoms with E-state index in [-0.39, 0.29) is 0 Å². The molecule has 0 unspecified atom stereocenters. The van der Waals surface area contributed by atoms with Crippen molar-refractivity contribution < 1.29 is 0 Å². The summed E-state index contributed by atoms with van der Waals surface area (Å²) in [6, 6.07) is 6.13. The Bertz CT molecular complexity index is 558. The van der Waals surface area contributed by atoms with Crippen LogP contribution in [-0.2, 0) is 0 Å². The molecule has 5 heteroatoms. The third-order valence-corrected chi connectivity index (χ3v) is 3.83. The van der Waals surface area contributed by atoms with Crippen LogP contribution in [0, 0.1) is 6.92 Å². The predicted octanol–water partition coefficient (Wildman–Crippen LogP) is 2.86. The van der Waals surface area contributed by atoms with Gasteiger partial charge in [0.05, 0.1) is 6.04 Å². The Morgan fingerprint density at radius 2 is 2.22 bits per heavy atom. The number of nitrogens with one attached hydrogen (secondary N) is 2. The number of nitrogens with zero attached hydrogens (tertiary/aromatic N) is 2. The van der Waals surface area contributed by atoms with E-state index in [9.17, 15) is 0 Å². The molecule has 0 amide bonds. The molecule has 0 spiro atoms. The fourth-order valence-corrected chi connectivity index (χ4v) is 2.51. The van der Waals surface area contributed by atoms with Gasteiger partial charge in [-0.2, -0.15) is 0 Å². The number of aromatic nitrogens is 3. The first-order valence-electron chi connectivity index (χ1n) is 6.17. The van der Waals surface area contributed by atoms with E-state index in [0.717, 1.165) is 40.8 Å². The average Bonchev–Trinajstić information content (AvgIpc) is 3.01. The number of H-pyrrole nitrogens is 1.